The van der Waals surface area contributed by atoms with Crippen LogP contribution in [-0.2, 0) is 6.42 Å². The molecule has 0 aromatic heterocycles. The molecule has 0 aliphatic heterocycles. The number of amides is 1. The van der Waals surface area contributed by atoms with Gasteiger partial charge in [0.1, 0.15) is 0 Å². The Hall–Kier alpha value is -2.55. The van der Waals surface area contributed by atoms with Crippen LogP contribution >= 0.6 is 0 Å². The van der Waals surface area contributed by atoms with E-state index in [1.165, 1.54) is 11.1 Å². The molecule has 0 saturated carbocycles. The fraction of sp³-hybridized carbons (Fsp3) is 0.211. The number of carbonyl (C=O) groups is 1. The first kappa shape index (κ1) is 14.4. The Balaban J connectivity index is 2.34. The second kappa shape index (κ2) is 5.02. The standard InChI is InChI=1S/C19H20N2O/c1-10-9-16-15(19(21)22)8-7-14(18(16)11(10)2)13-5-4-6-17(20)12(13)3/h4-8H,9,20H2,1-3H3,(H2,21,22). The first-order chi connectivity index (χ1) is 10.4. The van der Waals surface area contributed by atoms with Gasteiger partial charge in [0.05, 0.1) is 0 Å². The highest BCUT2D eigenvalue weighted by Gasteiger charge is 2.25. The average Bonchev–Trinajstić information content (AvgIpc) is 2.77. The van der Waals surface area contributed by atoms with Crippen LogP contribution in [0.4, 0.5) is 5.69 Å². The number of benzene rings is 2. The van der Waals surface area contributed by atoms with E-state index in [2.05, 4.69) is 19.9 Å². The van der Waals surface area contributed by atoms with Crippen molar-refractivity contribution in [3.63, 3.8) is 0 Å². The quantitative estimate of drug-likeness (QED) is 0.829. The number of nitrogens with two attached hydrogens (primary N) is 2. The van der Waals surface area contributed by atoms with Crippen LogP contribution in [-0.4, -0.2) is 5.91 Å². The van der Waals surface area contributed by atoms with Gasteiger partial charge in [-0.1, -0.05) is 23.8 Å². The van der Waals surface area contributed by atoms with Gasteiger partial charge in [-0.05, 0) is 72.7 Å². The van der Waals surface area contributed by atoms with Crippen molar-refractivity contribution >= 4 is 17.2 Å². The molecule has 1 aliphatic carbocycles. The monoisotopic (exact) mass is 292 g/mol. The predicted octanol–water partition coefficient (Wildman–Crippen LogP) is 3.69. The van der Waals surface area contributed by atoms with Gasteiger partial charge in [0.2, 0.25) is 5.91 Å². The highest BCUT2D eigenvalue weighted by Crippen LogP contribution is 2.42. The van der Waals surface area contributed by atoms with E-state index in [9.17, 15) is 4.79 Å². The van der Waals surface area contributed by atoms with E-state index in [1.807, 2.05) is 31.2 Å². The van der Waals surface area contributed by atoms with Crippen molar-refractivity contribution in [2.24, 2.45) is 5.73 Å². The van der Waals surface area contributed by atoms with E-state index < -0.39 is 0 Å². The van der Waals surface area contributed by atoms with Gasteiger partial charge in [-0.2, -0.15) is 0 Å². The number of fused-ring (bicyclic) bond motifs is 1. The lowest BCUT2D eigenvalue weighted by molar-refractivity contribution is 0.0999. The number of hydrogen-bond donors (Lipinski definition) is 2. The first-order valence-corrected chi connectivity index (χ1v) is 7.39. The smallest absolute Gasteiger partial charge is 0.249 e. The summed E-state index contributed by atoms with van der Waals surface area (Å²) in [6.07, 6.45) is 0.786. The molecule has 112 valence electrons. The number of primary amides is 1. The van der Waals surface area contributed by atoms with Crippen LogP contribution in [0.15, 0.2) is 35.9 Å². The molecule has 3 rings (SSSR count). The van der Waals surface area contributed by atoms with Crippen LogP contribution < -0.4 is 11.5 Å². The summed E-state index contributed by atoms with van der Waals surface area (Å²) in [5.74, 6) is -0.366. The Bertz CT molecular complexity index is 832. The van der Waals surface area contributed by atoms with E-state index in [0.717, 1.165) is 39.9 Å². The van der Waals surface area contributed by atoms with Gasteiger partial charge in [-0.15, -0.1) is 0 Å². The summed E-state index contributed by atoms with van der Waals surface area (Å²) in [5, 5.41) is 0. The van der Waals surface area contributed by atoms with Crippen molar-refractivity contribution in [2.75, 3.05) is 5.73 Å². The van der Waals surface area contributed by atoms with Gasteiger partial charge >= 0.3 is 0 Å². The highest BCUT2D eigenvalue weighted by molar-refractivity contribution is 6.00. The van der Waals surface area contributed by atoms with Crippen molar-refractivity contribution in [2.45, 2.75) is 27.2 Å². The van der Waals surface area contributed by atoms with Crippen LogP contribution in [0.1, 0.15) is 40.9 Å². The Morgan fingerprint density at radius 2 is 1.77 bits per heavy atom. The number of rotatable bonds is 2. The molecule has 1 aliphatic rings. The van der Waals surface area contributed by atoms with E-state index in [-0.39, 0.29) is 5.91 Å². The summed E-state index contributed by atoms with van der Waals surface area (Å²) in [6, 6.07) is 9.78. The van der Waals surface area contributed by atoms with Crippen molar-refractivity contribution < 1.29 is 4.79 Å². The van der Waals surface area contributed by atoms with E-state index in [4.69, 9.17) is 11.5 Å². The summed E-state index contributed by atoms with van der Waals surface area (Å²) in [5.41, 5.74) is 21.0. The Morgan fingerprint density at radius 1 is 1.05 bits per heavy atom. The lowest BCUT2D eigenvalue weighted by Gasteiger charge is -2.16. The normalized spacial score (nSPS) is 13.4. The number of allylic oxidation sites excluding steroid dienone is 2. The van der Waals surface area contributed by atoms with Crippen LogP contribution in [0.3, 0.4) is 0 Å². The molecular formula is C19H20N2O. The maximum atomic E-state index is 11.7. The molecular weight excluding hydrogens is 272 g/mol. The highest BCUT2D eigenvalue weighted by atomic mass is 16.1. The number of anilines is 1. The SMILES string of the molecule is CC1=C(C)c2c(-c3cccc(N)c3C)ccc(C(N)=O)c2C1. The third kappa shape index (κ3) is 2.01. The molecule has 0 radical (unpaired) electrons. The topological polar surface area (TPSA) is 69.1 Å². The third-order valence-electron chi connectivity index (χ3n) is 4.70. The molecule has 0 saturated heterocycles. The van der Waals surface area contributed by atoms with Gasteiger partial charge in [-0.3, -0.25) is 4.79 Å². The lowest BCUT2D eigenvalue weighted by atomic mass is 9.89. The van der Waals surface area contributed by atoms with E-state index in [1.54, 1.807) is 0 Å². The van der Waals surface area contributed by atoms with Crippen LogP contribution in [0, 0.1) is 6.92 Å². The average molecular weight is 292 g/mol. The van der Waals surface area contributed by atoms with Crippen LogP contribution in [0.5, 0.6) is 0 Å². The number of carbonyl (C=O) groups excluding carboxylic acids is 1. The molecule has 0 spiro atoms. The van der Waals surface area contributed by atoms with Crippen molar-refractivity contribution in [3.05, 3.63) is 58.2 Å². The van der Waals surface area contributed by atoms with Gasteiger partial charge in [0.25, 0.3) is 0 Å². The van der Waals surface area contributed by atoms with E-state index in [0.29, 0.717) is 5.56 Å². The molecule has 0 heterocycles. The van der Waals surface area contributed by atoms with Gasteiger partial charge in [-0.25, -0.2) is 0 Å². The Kier molecular flexibility index (Phi) is 3.28. The zero-order valence-corrected chi connectivity index (χ0v) is 13.2. The summed E-state index contributed by atoms with van der Waals surface area (Å²) >= 11 is 0. The molecule has 0 unspecified atom stereocenters. The third-order valence-corrected chi connectivity index (χ3v) is 4.70. The zero-order valence-electron chi connectivity index (χ0n) is 13.2. The molecule has 4 N–H and O–H groups in total. The zero-order chi connectivity index (χ0) is 16.0. The summed E-state index contributed by atoms with van der Waals surface area (Å²) in [6.45, 7) is 6.24. The molecule has 0 atom stereocenters. The van der Waals surface area contributed by atoms with Crippen molar-refractivity contribution in [1.29, 1.82) is 0 Å². The molecule has 2 aromatic carbocycles. The molecule has 0 bridgehead atoms. The molecule has 1 amide bonds. The minimum Gasteiger partial charge on any atom is -0.398 e. The molecule has 22 heavy (non-hydrogen) atoms. The minimum absolute atomic E-state index is 0.366. The molecule has 0 fully saturated rings. The Labute approximate surface area is 130 Å². The first-order valence-electron chi connectivity index (χ1n) is 7.39. The summed E-state index contributed by atoms with van der Waals surface area (Å²) < 4.78 is 0. The molecule has 3 heteroatoms. The number of hydrogen-bond acceptors (Lipinski definition) is 2. The molecule has 3 nitrogen and oxygen atoms in total. The largest absolute Gasteiger partial charge is 0.398 e. The van der Waals surface area contributed by atoms with Crippen LogP contribution in [0.25, 0.3) is 16.7 Å². The summed E-state index contributed by atoms with van der Waals surface area (Å²) in [4.78, 5) is 11.7. The maximum absolute atomic E-state index is 11.7. The predicted molar refractivity (Wildman–Crippen MR) is 91.5 cm³/mol. The second-order valence-corrected chi connectivity index (χ2v) is 5.98. The molecule has 2 aromatic rings. The lowest BCUT2D eigenvalue weighted by Crippen LogP contribution is -2.14. The number of nitrogen functional groups attached to an aromatic ring is 1. The fourth-order valence-corrected chi connectivity index (χ4v) is 3.27. The van der Waals surface area contributed by atoms with Gasteiger partial charge in [0, 0.05) is 11.3 Å². The fourth-order valence-electron chi connectivity index (χ4n) is 3.27. The Morgan fingerprint density at radius 3 is 2.45 bits per heavy atom. The van der Waals surface area contributed by atoms with Gasteiger partial charge < -0.3 is 11.5 Å². The second-order valence-electron chi connectivity index (χ2n) is 5.98. The van der Waals surface area contributed by atoms with Gasteiger partial charge in [0.15, 0.2) is 0 Å². The maximum Gasteiger partial charge on any atom is 0.249 e. The van der Waals surface area contributed by atoms with E-state index >= 15 is 0 Å². The summed E-state index contributed by atoms with van der Waals surface area (Å²) in [7, 11) is 0. The van der Waals surface area contributed by atoms with Crippen molar-refractivity contribution in [1.82, 2.24) is 0 Å². The minimum atomic E-state index is -0.366. The van der Waals surface area contributed by atoms with Crippen LogP contribution in [0.2, 0.25) is 0 Å². The van der Waals surface area contributed by atoms with Crippen molar-refractivity contribution in [3.8, 4) is 11.1 Å².